The molecule has 1 amide bonds. The fourth-order valence-electron chi connectivity index (χ4n) is 4.56. The summed E-state index contributed by atoms with van der Waals surface area (Å²) in [5.74, 6) is -0.694. The molecule has 1 atom stereocenters. The maximum Gasteiger partial charge on any atom is 0.264 e. The SMILES string of the molecule is Cc1ccc(C)c([C@@]2(CCOS(C)(=O)=O)CCCN(C(=O)Cc3c(F)cccc3Cl)C2)c1. The predicted octanol–water partition coefficient (Wildman–Crippen LogP) is 4.57. The highest BCUT2D eigenvalue weighted by Gasteiger charge is 2.39. The lowest BCUT2D eigenvalue weighted by atomic mass is 9.70. The minimum Gasteiger partial charge on any atom is -0.342 e. The van der Waals surface area contributed by atoms with Crippen LogP contribution < -0.4 is 0 Å². The number of amides is 1. The molecule has 5 nitrogen and oxygen atoms in total. The lowest BCUT2D eigenvalue weighted by Gasteiger charge is -2.44. The number of hydrogen-bond donors (Lipinski definition) is 0. The minimum atomic E-state index is -3.57. The molecule has 1 aliphatic rings. The van der Waals surface area contributed by atoms with Crippen LogP contribution in [-0.4, -0.2) is 45.2 Å². The molecule has 0 saturated carbocycles. The van der Waals surface area contributed by atoms with Gasteiger partial charge in [0, 0.05) is 29.1 Å². The van der Waals surface area contributed by atoms with E-state index in [9.17, 15) is 17.6 Å². The van der Waals surface area contributed by atoms with Crippen molar-refractivity contribution in [2.45, 2.75) is 44.9 Å². The Balaban J connectivity index is 1.90. The maximum absolute atomic E-state index is 14.2. The van der Waals surface area contributed by atoms with Gasteiger partial charge in [-0.25, -0.2) is 4.39 Å². The summed E-state index contributed by atoms with van der Waals surface area (Å²) in [7, 11) is -3.57. The molecule has 0 unspecified atom stereocenters. The summed E-state index contributed by atoms with van der Waals surface area (Å²) >= 11 is 6.13. The van der Waals surface area contributed by atoms with E-state index in [1.54, 1.807) is 11.0 Å². The van der Waals surface area contributed by atoms with E-state index in [-0.39, 0.29) is 29.5 Å². The van der Waals surface area contributed by atoms with Crippen molar-refractivity contribution in [2.75, 3.05) is 26.0 Å². The molecule has 0 spiro atoms. The number of rotatable bonds is 7. The second kappa shape index (κ2) is 9.89. The molecule has 0 radical (unpaired) electrons. The first-order chi connectivity index (χ1) is 15.0. The van der Waals surface area contributed by atoms with Gasteiger partial charge in [-0.2, -0.15) is 8.42 Å². The van der Waals surface area contributed by atoms with Crippen LogP contribution in [0.4, 0.5) is 4.39 Å². The molecule has 1 aliphatic heterocycles. The van der Waals surface area contributed by atoms with Crippen LogP contribution in [0.25, 0.3) is 0 Å². The average Bonchev–Trinajstić information content (AvgIpc) is 2.71. The molecule has 2 aromatic rings. The van der Waals surface area contributed by atoms with Gasteiger partial charge in [0.2, 0.25) is 5.91 Å². The molecule has 2 aromatic carbocycles. The van der Waals surface area contributed by atoms with E-state index < -0.39 is 21.4 Å². The summed E-state index contributed by atoms with van der Waals surface area (Å²) in [6, 6.07) is 10.6. The van der Waals surface area contributed by atoms with Gasteiger partial charge in [-0.3, -0.25) is 8.98 Å². The van der Waals surface area contributed by atoms with Crippen LogP contribution in [0.1, 0.15) is 41.5 Å². The van der Waals surface area contributed by atoms with Crippen LogP contribution in [0, 0.1) is 19.7 Å². The Morgan fingerprint density at radius 3 is 2.69 bits per heavy atom. The van der Waals surface area contributed by atoms with E-state index in [2.05, 4.69) is 6.07 Å². The number of likely N-dealkylation sites (tertiary alicyclic amines) is 1. The number of hydrogen-bond acceptors (Lipinski definition) is 4. The first kappa shape index (κ1) is 24.7. The summed E-state index contributed by atoms with van der Waals surface area (Å²) in [6.07, 6.45) is 2.92. The lowest BCUT2D eigenvalue weighted by Crippen LogP contribution is -2.50. The van der Waals surface area contributed by atoms with E-state index >= 15 is 0 Å². The van der Waals surface area contributed by atoms with Crippen molar-refractivity contribution in [2.24, 2.45) is 0 Å². The zero-order valence-corrected chi connectivity index (χ0v) is 20.2. The van der Waals surface area contributed by atoms with E-state index in [0.29, 0.717) is 19.5 Å². The molecule has 0 N–H and O–H groups in total. The van der Waals surface area contributed by atoms with Crippen LogP contribution in [0.5, 0.6) is 0 Å². The number of benzene rings is 2. The van der Waals surface area contributed by atoms with Crippen molar-refractivity contribution in [1.82, 2.24) is 4.90 Å². The van der Waals surface area contributed by atoms with Crippen molar-refractivity contribution in [3.05, 3.63) is 69.5 Å². The van der Waals surface area contributed by atoms with E-state index in [1.807, 2.05) is 26.0 Å². The van der Waals surface area contributed by atoms with Crippen molar-refractivity contribution in [3.8, 4) is 0 Å². The predicted molar refractivity (Wildman–Crippen MR) is 124 cm³/mol. The largest absolute Gasteiger partial charge is 0.342 e. The van der Waals surface area contributed by atoms with Crippen LogP contribution in [0.15, 0.2) is 36.4 Å². The highest BCUT2D eigenvalue weighted by Crippen LogP contribution is 2.40. The highest BCUT2D eigenvalue weighted by atomic mass is 35.5. The smallest absolute Gasteiger partial charge is 0.264 e. The van der Waals surface area contributed by atoms with Crippen molar-refractivity contribution in [1.29, 1.82) is 0 Å². The Hall–Kier alpha value is -1.96. The highest BCUT2D eigenvalue weighted by molar-refractivity contribution is 7.85. The molecule has 3 rings (SSSR count). The summed E-state index contributed by atoms with van der Waals surface area (Å²) in [5.41, 5.74) is 3.02. The van der Waals surface area contributed by atoms with Gasteiger partial charge < -0.3 is 4.90 Å². The second-order valence-electron chi connectivity index (χ2n) is 8.67. The Bertz CT molecular complexity index is 1080. The summed E-state index contributed by atoms with van der Waals surface area (Å²) in [6.45, 7) is 5.04. The molecule has 32 heavy (non-hydrogen) atoms. The second-order valence-corrected chi connectivity index (χ2v) is 10.7. The minimum absolute atomic E-state index is 0.0351. The van der Waals surface area contributed by atoms with E-state index in [1.165, 1.54) is 12.1 Å². The molecule has 174 valence electrons. The van der Waals surface area contributed by atoms with Gasteiger partial charge in [0.1, 0.15) is 5.82 Å². The molecule has 0 bridgehead atoms. The zero-order chi connectivity index (χ0) is 23.5. The average molecular weight is 482 g/mol. The van der Waals surface area contributed by atoms with Gasteiger partial charge in [-0.1, -0.05) is 41.4 Å². The van der Waals surface area contributed by atoms with Crippen LogP contribution in [0.2, 0.25) is 5.02 Å². The number of nitrogens with zero attached hydrogens (tertiary/aromatic N) is 1. The van der Waals surface area contributed by atoms with Crippen LogP contribution in [0.3, 0.4) is 0 Å². The number of aryl methyl sites for hydroxylation is 2. The summed E-state index contributed by atoms with van der Waals surface area (Å²) < 4.78 is 42.4. The third-order valence-electron chi connectivity index (χ3n) is 6.16. The van der Waals surface area contributed by atoms with Gasteiger partial charge in [0.25, 0.3) is 10.1 Å². The quantitative estimate of drug-likeness (QED) is 0.543. The van der Waals surface area contributed by atoms with Crippen molar-refractivity contribution < 1.29 is 21.8 Å². The summed E-state index contributed by atoms with van der Waals surface area (Å²) in [4.78, 5) is 14.9. The fourth-order valence-corrected chi connectivity index (χ4v) is 5.18. The molecule has 0 aromatic heterocycles. The Labute approximate surface area is 194 Å². The standard InChI is InChI=1S/C24H29ClFNO4S/c1-17-8-9-18(2)20(14-17)24(11-13-31-32(3,29)30)10-5-12-27(16-24)23(28)15-19-21(25)6-4-7-22(19)26/h4,6-9,14H,5,10-13,15-16H2,1-3H3/t24-/m1/s1. The van der Waals surface area contributed by atoms with E-state index in [0.717, 1.165) is 35.8 Å². The molecule has 8 heteroatoms. The Morgan fingerprint density at radius 1 is 1.25 bits per heavy atom. The molecular formula is C24H29ClFNO4S. The third kappa shape index (κ3) is 5.88. The van der Waals surface area contributed by atoms with Gasteiger partial charge in [0.05, 0.1) is 19.3 Å². The van der Waals surface area contributed by atoms with E-state index in [4.69, 9.17) is 15.8 Å². The Kier molecular flexibility index (Phi) is 7.63. The van der Waals surface area contributed by atoms with Crippen LogP contribution >= 0.6 is 11.6 Å². The molecule has 1 saturated heterocycles. The first-order valence-corrected chi connectivity index (χ1v) is 12.8. The zero-order valence-electron chi connectivity index (χ0n) is 18.7. The molecule has 1 heterocycles. The third-order valence-corrected chi connectivity index (χ3v) is 7.11. The van der Waals surface area contributed by atoms with Gasteiger partial charge >= 0.3 is 0 Å². The number of carbonyl (C=O) groups excluding carboxylic acids is 1. The fraction of sp³-hybridized carbons (Fsp3) is 0.458. The molecule has 1 fully saturated rings. The first-order valence-electron chi connectivity index (χ1n) is 10.6. The molecule has 0 aliphatic carbocycles. The Morgan fingerprint density at radius 2 is 2.00 bits per heavy atom. The van der Waals surface area contributed by atoms with Crippen molar-refractivity contribution in [3.63, 3.8) is 0 Å². The topological polar surface area (TPSA) is 63.7 Å². The summed E-state index contributed by atoms with van der Waals surface area (Å²) in [5, 5.41) is 0.234. The van der Waals surface area contributed by atoms with Crippen LogP contribution in [-0.2, 0) is 30.9 Å². The number of halogens is 2. The monoisotopic (exact) mass is 481 g/mol. The van der Waals surface area contributed by atoms with Gasteiger partial charge in [-0.05, 0) is 56.4 Å². The van der Waals surface area contributed by atoms with Gasteiger partial charge in [-0.15, -0.1) is 0 Å². The maximum atomic E-state index is 14.2. The lowest BCUT2D eigenvalue weighted by molar-refractivity contribution is -0.133. The number of carbonyl (C=O) groups is 1. The van der Waals surface area contributed by atoms with Gasteiger partial charge in [0.15, 0.2) is 0 Å². The number of piperidine rings is 1. The molecular weight excluding hydrogens is 453 g/mol. The van der Waals surface area contributed by atoms with Crippen molar-refractivity contribution >= 4 is 27.6 Å². The normalized spacial score (nSPS) is 19.2.